The molecule has 1 aliphatic heterocycles. The second-order valence-corrected chi connectivity index (χ2v) is 5.80. The molecule has 0 saturated carbocycles. The molecule has 1 aromatic carbocycles. The smallest absolute Gasteiger partial charge is 0.317 e. The quantitative estimate of drug-likeness (QED) is 0.781. The number of anilines is 1. The molecule has 3 heterocycles. The SMILES string of the molecule is O=C(Nc1ccccn1)N1CCn2ncc(-c3ccc(F)cc3)c2C1. The largest absolute Gasteiger partial charge is 0.323 e. The van der Waals surface area contributed by atoms with Crippen LogP contribution >= 0.6 is 0 Å². The molecule has 2 amide bonds. The molecule has 0 saturated heterocycles. The molecule has 4 rings (SSSR count). The second kappa shape index (κ2) is 6.35. The summed E-state index contributed by atoms with van der Waals surface area (Å²) >= 11 is 0. The summed E-state index contributed by atoms with van der Waals surface area (Å²) in [6.07, 6.45) is 3.40. The summed E-state index contributed by atoms with van der Waals surface area (Å²) in [5, 5.41) is 7.18. The highest BCUT2D eigenvalue weighted by Gasteiger charge is 2.24. The van der Waals surface area contributed by atoms with Gasteiger partial charge in [-0.2, -0.15) is 5.10 Å². The van der Waals surface area contributed by atoms with Gasteiger partial charge >= 0.3 is 6.03 Å². The molecule has 3 aromatic rings. The van der Waals surface area contributed by atoms with Crippen molar-refractivity contribution in [3.8, 4) is 11.1 Å². The summed E-state index contributed by atoms with van der Waals surface area (Å²) in [5.41, 5.74) is 2.74. The lowest BCUT2D eigenvalue weighted by atomic mass is 10.1. The number of urea groups is 1. The van der Waals surface area contributed by atoms with Gasteiger partial charge in [-0.3, -0.25) is 10.00 Å². The molecule has 0 atom stereocenters. The maximum Gasteiger partial charge on any atom is 0.323 e. The molecule has 0 fully saturated rings. The Balaban J connectivity index is 1.55. The zero-order chi connectivity index (χ0) is 17.2. The number of fused-ring (bicyclic) bond motifs is 1. The van der Waals surface area contributed by atoms with Crippen LogP contribution in [0.15, 0.2) is 54.9 Å². The summed E-state index contributed by atoms with van der Waals surface area (Å²) in [6.45, 7) is 1.62. The van der Waals surface area contributed by atoms with Gasteiger partial charge in [0.15, 0.2) is 0 Å². The maximum atomic E-state index is 13.2. The lowest BCUT2D eigenvalue weighted by molar-refractivity contribution is 0.194. The standard InChI is InChI=1S/C18H16FN5O/c19-14-6-4-13(5-7-14)15-11-21-24-10-9-23(12-16(15)24)18(25)22-17-3-1-2-8-20-17/h1-8,11H,9-10,12H2,(H,20,22,25). The van der Waals surface area contributed by atoms with Crippen molar-refractivity contribution in [2.24, 2.45) is 0 Å². The van der Waals surface area contributed by atoms with Crippen LogP contribution in [0.25, 0.3) is 11.1 Å². The Kier molecular flexibility index (Phi) is 3.89. The molecule has 6 nitrogen and oxygen atoms in total. The zero-order valence-electron chi connectivity index (χ0n) is 13.4. The van der Waals surface area contributed by atoms with E-state index in [1.54, 1.807) is 41.6 Å². The molecular formula is C18H16FN5O. The van der Waals surface area contributed by atoms with E-state index in [0.29, 0.717) is 25.5 Å². The molecule has 126 valence electrons. The highest BCUT2D eigenvalue weighted by atomic mass is 19.1. The van der Waals surface area contributed by atoms with Crippen molar-refractivity contribution in [3.05, 3.63) is 66.4 Å². The molecule has 2 aromatic heterocycles. The number of carbonyl (C=O) groups is 1. The van der Waals surface area contributed by atoms with Gasteiger partial charge in [-0.25, -0.2) is 14.2 Å². The molecule has 0 aliphatic carbocycles. The normalized spacial score (nSPS) is 13.4. The summed E-state index contributed by atoms with van der Waals surface area (Å²) < 4.78 is 15.0. The van der Waals surface area contributed by atoms with Crippen LogP contribution in [-0.4, -0.2) is 32.2 Å². The predicted molar refractivity (Wildman–Crippen MR) is 91.3 cm³/mol. The van der Waals surface area contributed by atoms with Crippen molar-refractivity contribution >= 4 is 11.8 Å². The number of benzene rings is 1. The van der Waals surface area contributed by atoms with Crippen molar-refractivity contribution in [2.75, 3.05) is 11.9 Å². The van der Waals surface area contributed by atoms with Crippen LogP contribution in [0.4, 0.5) is 15.0 Å². The van der Waals surface area contributed by atoms with E-state index in [0.717, 1.165) is 16.8 Å². The second-order valence-electron chi connectivity index (χ2n) is 5.80. The first-order chi connectivity index (χ1) is 12.2. The van der Waals surface area contributed by atoms with Crippen LogP contribution in [-0.2, 0) is 13.1 Å². The van der Waals surface area contributed by atoms with Crippen LogP contribution in [0.3, 0.4) is 0 Å². The highest BCUT2D eigenvalue weighted by molar-refractivity contribution is 5.88. The van der Waals surface area contributed by atoms with Crippen LogP contribution in [0, 0.1) is 5.82 Å². The van der Waals surface area contributed by atoms with Gasteiger partial charge in [0, 0.05) is 18.3 Å². The van der Waals surface area contributed by atoms with E-state index in [-0.39, 0.29) is 11.8 Å². The third-order valence-corrected chi connectivity index (χ3v) is 4.21. The molecule has 7 heteroatoms. The first-order valence-electron chi connectivity index (χ1n) is 7.98. The molecule has 25 heavy (non-hydrogen) atoms. The first kappa shape index (κ1) is 15.3. The molecule has 1 N–H and O–H groups in total. The third-order valence-electron chi connectivity index (χ3n) is 4.21. The Morgan fingerprint density at radius 3 is 2.72 bits per heavy atom. The van der Waals surface area contributed by atoms with Crippen molar-refractivity contribution < 1.29 is 9.18 Å². The number of nitrogens with zero attached hydrogens (tertiary/aromatic N) is 4. The fourth-order valence-corrected chi connectivity index (χ4v) is 2.91. The predicted octanol–water partition coefficient (Wildman–Crippen LogP) is 3.13. The summed E-state index contributed by atoms with van der Waals surface area (Å²) in [6, 6.07) is 11.5. The van der Waals surface area contributed by atoms with Gasteiger partial charge in [0.25, 0.3) is 0 Å². The number of carbonyl (C=O) groups excluding carboxylic acids is 1. The monoisotopic (exact) mass is 337 g/mol. The van der Waals surface area contributed by atoms with E-state index in [4.69, 9.17) is 0 Å². The Labute approximate surface area is 143 Å². The van der Waals surface area contributed by atoms with Crippen LogP contribution in [0.2, 0.25) is 0 Å². The first-order valence-corrected chi connectivity index (χ1v) is 7.98. The Bertz CT molecular complexity index is 892. The van der Waals surface area contributed by atoms with Gasteiger partial charge in [0.2, 0.25) is 0 Å². The fourth-order valence-electron chi connectivity index (χ4n) is 2.91. The summed E-state index contributed by atoms with van der Waals surface area (Å²) in [4.78, 5) is 18.3. The molecule has 0 radical (unpaired) electrons. The lowest BCUT2D eigenvalue weighted by Crippen LogP contribution is -2.41. The van der Waals surface area contributed by atoms with E-state index in [9.17, 15) is 9.18 Å². The number of halogens is 1. The van der Waals surface area contributed by atoms with Crippen molar-refractivity contribution in [2.45, 2.75) is 13.1 Å². The molecule has 1 aliphatic rings. The summed E-state index contributed by atoms with van der Waals surface area (Å²) in [7, 11) is 0. The molecule has 0 unspecified atom stereocenters. The van der Waals surface area contributed by atoms with Gasteiger partial charge in [-0.1, -0.05) is 18.2 Å². The number of rotatable bonds is 2. The number of pyridine rings is 1. The van der Waals surface area contributed by atoms with Crippen LogP contribution in [0.1, 0.15) is 5.69 Å². The average molecular weight is 337 g/mol. The number of amides is 2. The van der Waals surface area contributed by atoms with Crippen molar-refractivity contribution in [3.63, 3.8) is 0 Å². The van der Waals surface area contributed by atoms with Gasteiger partial charge in [0.1, 0.15) is 11.6 Å². The van der Waals surface area contributed by atoms with E-state index in [2.05, 4.69) is 15.4 Å². The summed E-state index contributed by atoms with van der Waals surface area (Å²) in [5.74, 6) is 0.242. The number of hydrogen-bond donors (Lipinski definition) is 1. The Morgan fingerprint density at radius 2 is 1.96 bits per heavy atom. The lowest BCUT2D eigenvalue weighted by Gasteiger charge is -2.28. The van der Waals surface area contributed by atoms with Crippen LogP contribution in [0.5, 0.6) is 0 Å². The fraction of sp³-hybridized carbons (Fsp3) is 0.167. The topological polar surface area (TPSA) is 63.1 Å². The average Bonchev–Trinajstić information content (AvgIpc) is 3.06. The highest BCUT2D eigenvalue weighted by Crippen LogP contribution is 2.27. The van der Waals surface area contributed by atoms with E-state index in [1.165, 1.54) is 12.1 Å². The number of nitrogens with one attached hydrogen (secondary N) is 1. The maximum absolute atomic E-state index is 13.2. The van der Waals surface area contributed by atoms with E-state index in [1.807, 2.05) is 10.7 Å². The number of aromatic nitrogens is 3. The van der Waals surface area contributed by atoms with Gasteiger partial charge in [-0.05, 0) is 29.8 Å². The van der Waals surface area contributed by atoms with Crippen LogP contribution < -0.4 is 5.32 Å². The van der Waals surface area contributed by atoms with Crippen molar-refractivity contribution in [1.29, 1.82) is 0 Å². The molecule has 0 spiro atoms. The minimum atomic E-state index is -0.277. The minimum Gasteiger partial charge on any atom is -0.317 e. The Morgan fingerprint density at radius 1 is 1.12 bits per heavy atom. The molecular weight excluding hydrogens is 321 g/mol. The zero-order valence-corrected chi connectivity index (χ0v) is 13.4. The van der Waals surface area contributed by atoms with E-state index >= 15 is 0 Å². The van der Waals surface area contributed by atoms with Gasteiger partial charge in [-0.15, -0.1) is 0 Å². The number of hydrogen-bond acceptors (Lipinski definition) is 3. The van der Waals surface area contributed by atoms with Gasteiger partial charge < -0.3 is 4.90 Å². The molecule has 0 bridgehead atoms. The van der Waals surface area contributed by atoms with Crippen molar-refractivity contribution in [1.82, 2.24) is 19.7 Å². The van der Waals surface area contributed by atoms with Gasteiger partial charge in [0.05, 0.1) is 25.0 Å². The Hall–Kier alpha value is -3.22. The minimum absolute atomic E-state index is 0.198. The van der Waals surface area contributed by atoms with E-state index < -0.39 is 0 Å². The third kappa shape index (κ3) is 3.08.